The Kier molecular flexibility index (Phi) is 6.46. The Labute approximate surface area is 183 Å². The lowest BCUT2D eigenvalue weighted by molar-refractivity contribution is -0.137. The fourth-order valence-electron chi connectivity index (χ4n) is 3.63. The van der Waals surface area contributed by atoms with Gasteiger partial charge in [-0.2, -0.15) is 17.5 Å². The molecule has 1 aliphatic rings. The molecule has 0 bridgehead atoms. The molecular weight excluding hydrogens is 458 g/mol. The second-order valence-corrected chi connectivity index (χ2v) is 9.85. The highest BCUT2D eigenvalue weighted by molar-refractivity contribution is 7.89. The second kappa shape index (κ2) is 8.48. The predicted octanol–water partition coefficient (Wildman–Crippen LogP) is 4.46. The van der Waals surface area contributed by atoms with Crippen molar-refractivity contribution in [2.75, 3.05) is 43.5 Å². The third-order valence-electron chi connectivity index (χ3n) is 5.19. The van der Waals surface area contributed by atoms with Crippen LogP contribution in [-0.4, -0.2) is 52.5 Å². The molecule has 0 unspecified atom stereocenters. The average Bonchev–Trinajstić information content (AvgIpc) is 2.66. The van der Waals surface area contributed by atoms with Gasteiger partial charge in [0.25, 0.3) is 0 Å². The number of benzene rings is 2. The molecule has 3 rings (SSSR count). The Morgan fingerprint density at radius 1 is 1.10 bits per heavy atom. The van der Waals surface area contributed by atoms with Crippen molar-refractivity contribution in [1.82, 2.24) is 4.31 Å². The minimum absolute atomic E-state index is 0.0152. The molecule has 1 fully saturated rings. The van der Waals surface area contributed by atoms with Crippen molar-refractivity contribution in [1.29, 1.82) is 0 Å². The Hall–Kier alpha value is -2.04. The van der Waals surface area contributed by atoms with Crippen molar-refractivity contribution < 1.29 is 26.0 Å². The Balaban J connectivity index is 1.87. The SMILES string of the molecule is C[C@@H]1CN(c2ccc(F)cc2C(F)(F)F)CCN1S(=O)(=O)c1ccc(N(C)C)cc1Cl. The average molecular weight is 480 g/mol. The Bertz CT molecular complexity index is 1080. The first-order chi connectivity index (χ1) is 14.3. The smallest absolute Gasteiger partial charge is 0.378 e. The van der Waals surface area contributed by atoms with Gasteiger partial charge in [0.15, 0.2) is 0 Å². The Morgan fingerprint density at radius 3 is 2.32 bits per heavy atom. The molecule has 1 heterocycles. The van der Waals surface area contributed by atoms with Gasteiger partial charge in [-0.3, -0.25) is 0 Å². The first-order valence-corrected chi connectivity index (χ1v) is 11.2. The minimum atomic E-state index is -4.73. The van der Waals surface area contributed by atoms with Crippen molar-refractivity contribution >= 4 is 33.0 Å². The maximum Gasteiger partial charge on any atom is 0.418 e. The zero-order valence-electron chi connectivity index (χ0n) is 17.1. The highest BCUT2D eigenvalue weighted by Crippen LogP contribution is 2.38. The number of alkyl halides is 3. The summed E-state index contributed by atoms with van der Waals surface area (Å²) in [6.45, 7) is 1.61. The minimum Gasteiger partial charge on any atom is -0.378 e. The fourth-order valence-corrected chi connectivity index (χ4v) is 5.76. The summed E-state index contributed by atoms with van der Waals surface area (Å²) in [6, 6.07) is 6.46. The van der Waals surface area contributed by atoms with E-state index in [2.05, 4.69) is 0 Å². The number of hydrogen-bond donors (Lipinski definition) is 0. The summed E-state index contributed by atoms with van der Waals surface area (Å²) in [5.74, 6) is -0.985. The topological polar surface area (TPSA) is 43.9 Å². The predicted molar refractivity (Wildman–Crippen MR) is 113 cm³/mol. The van der Waals surface area contributed by atoms with E-state index in [0.717, 1.165) is 17.8 Å². The molecule has 0 radical (unpaired) electrons. The monoisotopic (exact) mass is 479 g/mol. The molecule has 0 aromatic heterocycles. The zero-order valence-corrected chi connectivity index (χ0v) is 18.7. The Morgan fingerprint density at radius 2 is 1.77 bits per heavy atom. The molecular formula is C20H22ClF4N3O2S. The molecule has 0 saturated carbocycles. The van der Waals surface area contributed by atoms with Crippen LogP contribution >= 0.6 is 11.6 Å². The van der Waals surface area contributed by atoms with Crippen LogP contribution in [0.5, 0.6) is 0 Å². The maximum absolute atomic E-state index is 13.4. The number of anilines is 2. The van der Waals surface area contributed by atoms with Crippen molar-refractivity contribution in [2.45, 2.75) is 24.0 Å². The first-order valence-electron chi connectivity index (χ1n) is 9.43. The van der Waals surface area contributed by atoms with E-state index in [0.29, 0.717) is 6.07 Å². The van der Waals surface area contributed by atoms with E-state index in [1.165, 1.54) is 15.3 Å². The van der Waals surface area contributed by atoms with Crippen LogP contribution in [0.1, 0.15) is 12.5 Å². The largest absolute Gasteiger partial charge is 0.418 e. The van der Waals surface area contributed by atoms with E-state index in [1.807, 2.05) is 0 Å². The van der Waals surface area contributed by atoms with Crippen molar-refractivity contribution in [3.8, 4) is 0 Å². The highest BCUT2D eigenvalue weighted by Gasteiger charge is 2.39. The van der Waals surface area contributed by atoms with Crippen LogP contribution in [0.3, 0.4) is 0 Å². The lowest BCUT2D eigenvalue weighted by Crippen LogP contribution is -2.54. The molecule has 1 atom stereocenters. The van der Waals surface area contributed by atoms with Crippen LogP contribution in [0, 0.1) is 5.82 Å². The molecule has 1 aliphatic heterocycles. The molecule has 5 nitrogen and oxygen atoms in total. The van der Waals surface area contributed by atoms with Crippen LogP contribution in [0.4, 0.5) is 28.9 Å². The molecule has 2 aromatic carbocycles. The van der Waals surface area contributed by atoms with Gasteiger partial charge in [0.2, 0.25) is 10.0 Å². The number of nitrogens with zero attached hydrogens (tertiary/aromatic N) is 3. The van der Waals surface area contributed by atoms with Gasteiger partial charge in [0.05, 0.1) is 10.6 Å². The summed E-state index contributed by atoms with van der Waals surface area (Å²) in [6.07, 6.45) is -4.73. The lowest BCUT2D eigenvalue weighted by Gasteiger charge is -2.41. The zero-order chi connectivity index (χ0) is 23.1. The van der Waals surface area contributed by atoms with Crippen LogP contribution in [0.2, 0.25) is 5.02 Å². The number of rotatable bonds is 4. The van der Waals surface area contributed by atoms with Crippen LogP contribution < -0.4 is 9.80 Å². The van der Waals surface area contributed by atoms with E-state index in [9.17, 15) is 26.0 Å². The van der Waals surface area contributed by atoms with Gasteiger partial charge in [-0.15, -0.1) is 0 Å². The van der Waals surface area contributed by atoms with Crippen molar-refractivity contribution in [2.24, 2.45) is 0 Å². The van der Waals surface area contributed by atoms with E-state index >= 15 is 0 Å². The summed E-state index contributed by atoms with van der Waals surface area (Å²) in [5.41, 5.74) is -0.526. The van der Waals surface area contributed by atoms with Crippen LogP contribution in [0.25, 0.3) is 0 Å². The molecule has 0 aliphatic carbocycles. The number of hydrogen-bond acceptors (Lipinski definition) is 4. The molecule has 1 saturated heterocycles. The molecule has 0 amide bonds. The molecule has 2 aromatic rings. The quantitative estimate of drug-likeness (QED) is 0.607. The van der Waals surface area contributed by atoms with Gasteiger partial charge in [-0.25, -0.2) is 12.8 Å². The summed E-state index contributed by atoms with van der Waals surface area (Å²) >= 11 is 6.23. The van der Waals surface area contributed by atoms with Gasteiger partial charge >= 0.3 is 6.18 Å². The van der Waals surface area contributed by atoms with Crippen LogP contribution in [0.15, 0.2) is 41.3 Å². The van der Waals surface area contributed by atoms with E-state index < -0.39 is 33.6 Å². The molecule has 11 heteroatoms. The van der Waals surface area contributed by atoms with Crippen LogP contribution in [-0.2, 0) is 16.2 Å². The molecule has 170 valence electrons. The van der Waals surface area contributed by atoms with Crippen molar-refractivity contribution in [3.63, 3.8) is 0 Å². The molecule has 31 heavy (non-hydrogen) atoms. The summed E-state index contributed by atoms with van der Waals surface area (Å²) in [5, 5.41) is 0.0683. The number of sulfonamides is 1. The highest BCUT2D eigenvalue weighted by atomic mass is 35.5. The lowest BCUT2D eigenvalue weighted by atomic mass is 10.1. The van der Waals surface area contributed by atoms with Gasteiger partial charge in [-0.05, 0) is 43.3 Å². The number of piperazine rings is 1. The van der Waals surface area contributed by atoms with Gasteiger partial charge in [-0.1, -0.05) is 11.6 Å². The molecule has 0 spiro atoms. The third kappa shape index (κ3) is 4.75. The fraction of sp³-hybridized carbons (Fsp3) is 0.400. The summed E-state index contributed by atoms with van der Waals surface area (Å²) in [4.78, 5) is 3.15. The van der Waals surface area contributed by atoms with Gasteiger partial charge in [0, 0.05) is 51.1 Å². The van der Waals surface area contributed by atoms with E-state index in [4.69, 9.17) is 11.6 Å². The standard InChI is InChI=1S/C20H22ClF4N3O2S/c1-13-12-27(18-6-4-14(22)10-16(18)20(23,24)25)8-9-28(13)31(29,30)19-7-5-15(26(2)3)11-17(19)21/h4-7,10-11,13H,8-9,12H2,1-3H3/t13-/m1/s1. The molecule has 0 N–H and O–H groups in total. The van der Waals surface area contributed by atoms with Gasteiger partial charge < -0.3 is 9.80 Å². The van der Waals surface area contributed by atoms with E-state index in [1.54, 1.807) is 38.1 Å². The third-order valence-corrected chi connectivity index (χ3v) is 7.69. The maximum atomic E-state index is 13.4. The normalized spacial score (nSPS) is 18.3. The van der Waals surface area contributed by atoms with Crippen molar-refractivity contribution in [3.05, 3.63) is 52.8 Å². The second-order valence-electron chi connectivity index (χ2n) is 7.58. The first kappa shape index (κ1) is 23.6. The number of halogens is 5. The van der Waals surface area contributed by atoms with Gasteiger partial charge in [0.1, 0.15) is 10.7 Å². The summed E-state index contributed by atoms with van der Waals surface area (Å²) in [7, 11) is -0.366. The van der Waals surface area contributed by atoms with E-state index in [-0.39, 0.29) is 35.2 Å². The summed E-state index contributed by atoms with van der Waals surface area (Å²) < 4.78 is 81.2.